The first-order chi connectivity index (χ1) is 15.4. The van der Waals surface area contributed by atoms with Crippen molar-refractivity contribution >= 4 is 29.3 Å². The minimum absolute atomic E-state index is 0.0645. The Morgan fingerprint density at radius 3 is 2.47 bits per heavy atom. The summed E-state index contributed by atoms with van der Waals surface area (Å²) in [6, 6.07) is 23.8. The number of hydrogen-bond acceptors (Lipinski definition) is 4. The van der Waals surface area contributed by atoms with Crippen LogP contribution in [0.15, 0.2) is 78.4 Å². The zero-order chi connectivity index (χ0) is 22.9. The maximum atomic E-state index is 12.7. The topological polar surface area (TPSA) is 71.3 Å². The lowest BCUT2D eigenvalue weighted by Crippen LogP contribution is -2.13. The molecule has 0 spiro atoms. The molecule has 0 saturated carbocycles. The highest BCUT2D eigenvalue weighted by Gasteiger charge is 2.13. The van der Waals surface area contributed by atoms with E-state index in [2.05, 4.69) is 5.32 Å². The first-order valence-corrected chi connectivity index (χ1v) is 10.5. The molecule has 0 aromatic heterocycles. The SMILES string of the molecule is CC(C)Oc1ccc(Cl)cc1/C=C(\C#N)C(=O)Nc1ccc(OCc2ccccc2)cc1. The van der Waals surface area contributed by atoms with E-state index in [-0.39, 0.29) is 11.7 Å². The van der Waals surface area contributed by atoms with Gasteiger partial charge in [-0.1, -0.05) is 41.9 Å². The lowest BCUT2D eigenvalue weighted by atomic mass is 10.1. The Balaban J connectivity index is 1.69. The summed E-state index contributed by atoms with van der Waals surface area (Å²) >= 11 is 6.09. The molecule has 3 aromatic carbocycles. The number of carbonyl (C=O) groups excluding carboxylic acids is 1. The Bertz CT molecular complexity index is 1130. The number of carbonyl (C=O) groups is 1. The molecule has 0 aliphatic rings. The van der Waals surface area contributed by atoms with Crippen molar-refractivity contribution in [3.05, 3.63) is 94.5 Å². The fraction of sp³-hybridized carbons (Fsp3) is 0.154. The first kappa shape index (κ1) is 22.9. The Labute approximate surface area is 192 Å². The van der Waals surface area contributed by atoms with Gasteiger partial charge in [-0.05, 0) is 68.0 Å². The minimum Gasteiger partial charge on any atom is -0.490 e. The lowest BCUT2D eigenvalue weighted by Gasteiger charge is -2.13. The molecule has 0 aliphatic carbocycles. The van der Waals surface area contributed by atoms with Gasteiger partial charge in [-0.3, -0.25) is 4.79 Å². The van der Waals surface area contributed by atoms with Crippen LogP contribution in [0.2, 0.25) is 5.02 Å². The second-order valence-corrected chi connectivity index (χ2v) is 7.71. The molecule has 0 saturated heterocycles. The monoisotopic (exact) mass is 446 g/mol. The average Bonchev–Trinajstić information content (AvgIpc) is 2.79. The van der Waals surface area contributed by atoms with Gasteiger partial charge in [0.1, 0.15) is 29.7 Å². The summed E-state index contributed by atoms with van der Waals surface area (Å²) in [5.74, 6) is 0.697. The van der Waals surface area contributed by atoms with Gasteiger partial charge in [-0.2, -0.15) is 5.26 Å². The van der Waals surface area contributed by atoms with Gasteiger partial charge in [-0.15, -0.1) is 0 Å². The third-order valence-corrected chi connectivity index (χ3v) is 4.60. The first-order valence-electron chi connectivity index (χ1n) is 10.1. The molecule has 1 N–H and O–H groups in total. The smallest absolute Gasteiger partial charge is 0.266 e. The van der Waals surface area contributed by atoms with Gasteiger partial charge in [0, 0.05) is 16.3 Å². The molecular weight excluding hydrogens is 424 g/mol. The standard InChI is InChI=1S/C26H23ClN2O3/c1-18(2)32-25-13-8-22(27)15-20(25)14-21(16-28)26(30)29-23-9-11-24(12-10-23)31-17-19-6-4-3-5-7-19/h3-15,18H,17H2,1-2H3,(H,29,30)/b21-14+. The fourth-order valence-electron chi connectivity index (χ4n) is 2.87. The number of hydrogen-bond donors (Lipinski definition) is 1. The van der Waals surface area contributed by atoms with E-state index in [1.807, 2.05) is 50.2 Å². The van der Waals surface area contributed by atoms with Crippen molar-refractivity contribution < 1.29 is 14.3 Å². The zero-order valence-corrected chi connectivity index (χ0v) is 18.6. The Morgan fingerprint density at radius 2 is 1.81 bits per heavy atom. The molecule has 0 unspecified atom stereocenters. The van der Waals surface area contributed by atoms with E-state index in [9.17, 15) is 10.1 Å². The van der Waals surface area contributed by atoms with E-state index < -0.39 is 5.91 Å². The maximum Gasteiger partial charge on any atom is 0.266 e. The molecule has 162 valence electrons. The summed E-state index contributed by atoms with van der Waals surface area (Å²) in [5, 5.41) is 12.7. The predicted octanol–water partition coefficient (Wildman–Crippen LogP) is 6.25. The summed E-state index contributed by atoms with van der Waals surface area (Å²) < 4.78 is 11.5. The van der Waals surface area contributed by atoms with Crippen LogP contribution in [0.3, 0.4) is 0 Å². The molecule has 0 bridgehead atoms. The highest BCUT2D eigenvalue weighted by Crippen LogP contribution is 2.26. The van der Waals surface area contributed by atoms with Crippen molar-refractivity contribution in [1.29, 1.82) is 5.26 Å². The predicted molar refractivity (Wildman–Crippen MR) is 127 cm³/mol. The zero-order valence-electron chi connectivity index (χ0n) is 17.8. The lowest BCUT2D eigenvalue weighted by molar-refractivity contribution is -0.112. The minimum atomic E-state index is -0.527. The van der Waals surface area contributed by atoms with Gasteiger partial charge in [-0.25, -0.2) is 0 Å². The van der Waals surface area contributed by atoms with Crippen molar-refractivity contribution in [2.24, 2.45) is 0 Å². The van der Waals surface area contributed by atoms with E-state index in [4.69, 9.17) is 21.1 Å². The average molecular weight is 447 g/mol. The maximum absolute atomic E-state index is 12.7. The molecule has 3 aromatic rings. The molecule has 0 fully saturated rings. The van der Waals surface area contributed by atoms with Gasteiger partial charge in [0.25, 0.3) is 5.91 Å². The molecule has 0 radical (unpaired) electrons. The highest BCUT2D eigenvalue weighted by atomic mass is 35.5. The summed E-state index contributed by atoms with van der Waals surface area (Å²) in [6.07, 6.45) is 1.40. The molecule has 3 rings (SSSR count). The van der Waals surface area contributed by atoms with Crippen LogP contribution in [0.25, 0.3) is 6.08 Å². The summed E-state index contributed by atoms with van der Waals surface area (Å²) in [5.41, 5.74) is 2.11. The van der Waals surface area contributed by atoms with Crippen molar-refractivity contribution in [3.63, 3.8) is 0 Å². The van der Waals surface area contributed by atoms with E-state index >= 15 is 0 Å². The number of amides is 1. The van der Waals surface area contributed by atoms with E-state index in [0.29, 0.717) is 34.4 Å². The van der Waals surface area contributed by atoms with Crippen molar-refractivity contribution in [3.8, 4) is 17.6 Å². The molecule has 0 atom stereocenters. The van der Waals surface area contributed by atoms with Crippen LogP contribution in [-0.4, -0.2) is 12.0 Å². The van der Waals surface area contributed by atoms with Crippen LogP contribution in [0.5, 0.6) is 11.5 Å². The van der Waals surface area contributed by atoms with Gasteiger partial charge in [0.05, 0.1) is 6.10 Å². The van der Waals surface area contributed by atoms with Crippen LogP contribution < -0.4 is 14.8 Å². The largest absolute Gasteiger partial charge is 0.490 e. The van der Waals surface area contributed by atoms with Crippen molar-refractivity contribution in [2.45, 2.75) is 26.6 Å². The molecule has 0 heterocycles. The summed E-state index contributed by atoms with van der Waals surface area (Å²) in [7, 11) is 0. The molecule has 6 heteroatoms. The van der Waals surface area contributed by atoms with E-state index in [0.717, 1.165) is 5.56 Å². The number of nitriles is 1. The number of rotatable bonds is 8. The third-order valence-electron chi connectivity index (χ3n) is 4.36. The summed E-state index contributed by atoms with van der Waals surface area (Å²) in [6.45, 7) is 4.24. The fourth-order valence-corrected chi connectivity index (χ4v) is 3.05. The van der Waals surface area contributed by atoms with Crippen LogP contribution in [0.4, 0.5) is 5.69 Å². The highest BCUT2D eigenvalue weighted by molar-refractivity contribution is 6.30. The molecule has 5 nitrogen and oxygen atoms in total. The molecular formula is C26H23ClN2O3. The second-order valence-electron chi connectivity index (χ2n) is 7.27. The van der Waals surface area contributed by atoms with E-state index in [1.165, 1.54) is 6.08 Å². The number of halogens is 1. The third kappa shape index (κ3) is 6.63. The number of anilines is 1. The van der Waals surface area contributed by atoms with Crippen LogP contribution in [-0.2, 0) is 11.4 Å². The van der Waals surface area contributed by atoms with Crippen molar-refractivity contribution in [1.82, 2.24) is 0 Å². The van der Waals surface area contributed by atoms with Crippen LogP contribution in [0.1, 0.15) is 25.0 Å². The normalized spacial score (nSPS) is 11.0. The van der Waals surface area contributed by atoms with Gasteiger partial charge in [0.15, 0.2) is 0 Å². The van der Waals surface area contributed by atoms with Gasteiger partial charge < -0.3 is 14.8 Å². The summed E-state index contributed by atoms with van der Waals surface area (Å²) in [4.78, 5) is 12.7. The quantitative estimate of drug-likeness (QED) is 0.328. The second kappa shape index (κ2) is 11.0. The molecule has 0 aliphatic heterocycles. The number of nitrogens with zero attached hydrogens (tertiary/aromatic N) is 1. The van der Waals surface area contributed by atoms with Crippen LogP contribution in [0, 0.1) is 11.3 Å². The van der Waals surface area contributed by atoms with Gasteiger partial charge >= 0.3 is 0 Å². The number of nitrogens with one attached hydrogen (secondary N) is 1. The van der Waals surface area contributed by atoms with Gasteiger partial charge in [0.2, 0.25) is 0 Å². The molecule has 32 heavy (non-hydrogen) atoms. The number of benzene rings is 3. The van der Waals surface area contributed by atoms with E-state index in [1.54, 1.807) is 42.5 Å². The Hall–Kier alpha value is -3.75. The number of ether oxygens (including phenoxy) is 2. The Morgan fingerprint density at radius 1 is 1.09 bits per heavy atom. The molecule has 1 amide bonds. The van der Waals surface area contributed by atoms with Crippen molar-refractivity contribution in [2.75, 3.05) is 5.32 Å². The van der Waals surface area contributed by atoms with Crippen LogP contribution >= 0.6 is 11.6 Å². The Kier molecular flexibility index (Phi) is 7.91.